The van der Waals surface area contributed by atoms with Gasteiger partial charge in [-0.3, -0.25) is 14.4 Å². The summed E-state index contributed by atoms with van der Waals surface area (Å²) in [4.78, 5) is 36.3. The molecule has 2 aliphatic heterocycles. The molecule has 8 nitrogen and oxygen atoms in total. The number of carboxylic acid groups (broad SMARTS) is 1. The number of nitrogens with zero attached hydrogens (tertiary/aromatic N) is 1. The van der Waals surface area contributed by atoms with E-state index >= 15 is 0 Å². The predicted octanol–water partition coefficient (Wildman–Crippen LogP) is -0.761. The van der Waals surface area contributed by atoms with Crippen LogP contribution >= 0.6 is 0 Å². The van der Waals surface area contributed by atoms with Crippen LogP contribution in [0.2, 0.25) is 0 Å². The lowest BCUT2D eigenvalue weighted by atomic mass is 9.78. The van der Waals surface area contributed by atoms with Crippen LogP contribution in [-0.4, -0.2) is 59.1 Å². The highest BCUT2D eigenvalue weighted by Gasteiger charge is 2.34. The van der Waals surface area contributed by atoms with E-state index in [-0.39, 0.29) is 49.0 Å². The fourth-order valence-corrected chi connectivity index (χ4v) is 3.19. The summed E-state index contributed by atoms with van der Waals surface area (Å²) in [5, 5.41) is 21.0. The standard InChI is InChI=1S/C16H18BFN2O6/c18-15-11(2-1-9-8-26-17(25)14(9)15)16(24)19-10-5-6-20(7-10)12(21)3-4-13(22)23/h1-2,10,25H,3-8H2,(H,19,24)(H,22,23). The van der Waals surface area contributed by atoms with Crippen molar-refractivity contribution in [3.63, 3.8) is 0 Å². The molecule has 0 spiro atoms. The molecule has 0 aromatic heterocycles. The molecule has 1 fully saturated rings. The molecule has 0 aliphatic carbocycles. The summed E-state index contributed by atoms with van der Waals surface area (Å²) in [6, 6.07) is 2.54. The lowest BCUT2D eigenvalue weighted by Gasteiger charge is -2.17. The van der Waals surface area contributed by atoms with E-state index in [0.29, 0.717) is 18.5 Å². The molecule has 0 saturated carbocycles. The first-order valence-corrected chi connectivity index (χ1v) is 8.28. The number of aliphatic carboxylic acids is 1. The Morgan fingerprint density at radius 2 is 2.12 bits per heavy atom. The minimum absolute atomic E-state index is 0.0189. The molecule has 26 heavy (non-hydrogen) atoms. The van der Waals surface area contributed by atoms with Gasteiger partial charge in [-0.15, -0.1) is 0 Å². The number of nitrogens with one attached hydrogen (secondary N) is 1. The number of fused-ring (bicyclic) bond motifs is 1. The zero-order valence-corrected chi connectivity index (χ0v) is 13.9. The smallest absolute Gasteiger partial charge is 0.481 e. The predicted molar refractivity (Wildman–Crippen MR) is 88.1 cm³/mol. The van der Waals surface area contributed by atoms with Crippen LogP contribution in [0.4, 0.5) is 4.39 Å². The first kappa shape index (κ1) is 18.3. The van der Waals surface area contributed by atoms with Gasteiger partial charge in [0.05, 0.1) is 18.6 Å². The number of carbonyl (C=O) groups is 3. The molecule has 3 N–H and O–H groups in total. The van der Waals surface area contributed by atoms with Crippen LogP contribution in [0.25, 0.3) is 0 Å². The number of rotatable bonds is 5. The third kappa shape index (κ3) is 3.70. The Kier molecular flexibility index (Phi) is 5.24. The van der Waals surface area contributed by atoms with Gasteiger partial charge in [0.2, 0.25) is 5.91 Å². The van der Waals surface area contributed by atoms with E-state index in [1.165, 1.54) is 11.0 Å². The molecule has 1 saturated heterocycles. The number of carboxylic acids is 1. The van der Waals surface area contributed by atoms with Crippen molar-refractivity contribution in [3.8, 4) is 0 Å². The molecule has 1 aromatic carbocycles. The van der Waals surface area contributed by atoms with Gasteiger partial charge in [0.25, 0.3) is 5.91 Å². The molecule has 2 heterocycles. The summed E-state index contributed by atoms with van der Waals surface area (Å²) < 4.78 is 19.5. The molecule has 0 radical (unpaired) electrons. The van der Waals surface area contributed by atoms with Crippen molar-refractivity contribution in [2.75, 3.05) is 13.1 Å². The maximum absolute atomic E-state index is 14.5. The first-order valence-electron chi connectivity index (χ1n) is 8.28. The summed E-state index contributed by atoms with van der Waals surface area (Å²) in [6.07, 6.45) is 0.174. The minimum Gasteiger partial charge on any atom is -0.481 e. The lowest BCUT2D eigenvalue weighted by molar-refractivity contribution is -0.140. The zero-order chi connectivity index (χ0) is 18.8. The van der Waals surface area contributed by atoms with Gasteiger partial charge in [0.1, 0.15) is 5.82 Å². The number of halogens is 1. The first-order chi connectivity index (χ1) is 12.4. The Bertz CT molecular complexity index is 759. The molecule has 2 amide bonds. The third-order valence-corrected chi connectivity index (χ3v) is 4.59. The van der Waals surface area contributed by atoms with Gasteiger partial charge in [-0.25, -0.2) is 4.39 Å². The second kappa shape index (κ2) is 7.42. The van der Waals surface area contributed by atoms with Gasteiger partial charge < -0.3 is 25.0 Å². The molecule has 2 aliphatic rings. The molecular weight excluding hydrogens is 346 g/mol. The van der Waals surface area contributed by atoms with Crippen LogP contribution in [0.1, 0.15) is 35.2 Å². The quantitative estimate of drug-likeness (QED) is 0.592. The SMILES string of the molecule is O=C(O)CCC(=O)N1CCC(NC(=O)c2ccc3c(c2F)B(O)OC3)C1. The van der Waals surface area contributed by atoms with Crippen LogP contribution in [0.5, 0.6) is 0 Å². The monoisotopic (exact) mass is 364 g/mol. The molecule has 1 aromatic rings. The van der Waals surface area contributed by atoms with Crippen molar-refractivity contribution in [2.24, 2.45) is 0 Å². The van der Waals surface area contributed by atoms with Crippen LogP contribution in [0.3, 0.4) is 0 Å². The van der Waals surface area contributed by atoms with Gasteiger partial charge in [0.15, 0.2) is 0 Å². The van der Waals surface area contributed by atoms with E-state index in [2.05, 4.69) is 5.32 Å². The van der Waals surface area contributed by atoms with E-state index < -0.39 is 24.8 Å². The Labute approximate surface area is 149 Å². The van der Waals surface area contributed by atoms with Crippen LogP contribution in [0, 0.1) is 5.82 Å². The zero-order valence-electron chi connectivity index (χ0n) is 13.9. The van der Waals surface area contributed by atoms with Crippen molar-refractivity contribution in [2.45, 2.75) is 31.9 Å². The normalized spacial score (nSPS) is 18.8. The summed E-state index contributed by atoms with van der Waals surface area (Å²) in [6.45, 7) is 0.746. The van der Waals surface area contributed by atoms with Gasteiger partial charge >= 0.3 is 13.1 Å². The third-order valence-electron chi connectivity index (χ3n) is 4.59. The number of amides is 2. The van der Waals surface area contributed by atoms with E-state index in [1.807, 2.05) is 0 Å². The van der Waals surface area contributed by atoms with Gasteiger partial charge in [0, 0.05) is 31.0 Å². The topological polar surface area (TPSA) is 116 Å². The van der Waals surface area contributed by atoms with Crippen LogP contribution in [-0.2, 0) is 20.9 Å². The molecule has 10 heteroatoms. The average Bonchev–Trinajstić information content (AvgIpc) is 3.20. The number of benzene rings is 1. The fraction of sp³-hybridized carbons (Fsp3) is 0.438. The van der Waals surface area contributed by atoms with Crippen LogP contribution < -0.4 is 10.8 Å². The Balaban J connectivity index is 1.61. The maximum Gasteiger partial charge on any atom is 0.494 e. The Morgan fingerprint density at radius 3 is 2.85 bits per heavy atom. The van der Waals surface area contributed by atoms with Gasteiger partial charge in [-0.2, -0.15) is 0 Å². The number of carbonyl (C=O) groups excluding carboxylic acids is 2. The van der Waals surface area contributed by atoms with E-state index in [0.717, 1.165) is 0 Å². The van der Waals surface area contributed by atoms with Crippen molar-refractivity contribution in [3.05, 3.63) is 29.1 Å². The van der Waals surface area contributed by atoms with Crippen molar-refractivity contribution < 1.29 is 33.6 Å². The molecule has 0 bridgehead atoms. The van der Waals surface area contributed by atoms with Gasteiger partial charge in [-0.1, -0.05) is 6.07 Å². The second-order valence-corrected chi connectivity index (χ2v) is 6.36. The van der Waals surface area contributed by atoms with Crippen molar-refractivity contribution in [1.82, 2.24) is 10.2 Å². The summed E-state index contributed by atoms with van der Waals surface area (Å²) in [5.74, 6) is -2.76. The van der Waals surface area contributed by atoms with E-state index in [9.17, 15) is 23.8 Å². The van der Waals surface area contributed by atoms with Crippen molar-refractivity contribution in [1.29, 1.82) is 0 Å². The highest BCUT2D eigenvalue weighted by atomic mass is 19.1. The Morgan fingerprint density at radius 1 is 1.35 bits per heavy atom. The largest absolute Gasteiger partial charge is 0.494 e. The highest BCUT2D eigenvalue weighted by molar-refractivity contribution is 6.61. The van der Waals surface area contributed by atoms with Crippen LogP contribution in [0.15, 0.2) is 12.1 Å². The fourth-order valence-electron chi connectivity index (χ4n) is 3.19. The van der Waals surface area contributed by atoms with E-state index in [4.69, 9.17) is 9.76 Å². The number of likely N-dealkylation sites (tertiary alicyclic amines) is 1. The Hall–Kier alpha value is -2.46. The molecule has 138 valence electrons. The van der Waals surface area contributed by atoms with Gasteiger partial charge in [-0.05, 0) is 18.1 Å². The number of hydrogen-bond acceptors (Lipinski definition) is 5. The average molecular weight is 364 g/mol. The van der Waals surface area contributed by atoms with Crippen molar-refractivity contribution >= 4 is 30.4 Å². The summed E-state index contributed by atoms with van der Waals surface area (Å²) in [7, 11) is -1.38. The molecule has 1 unspecified atom stereocenters. The molecule has 3 rings (SSSR count). The minimum atomic E-state index is -1.38. The number of hydrogen-bond donors (Lipinski definition) is 3. The summed E-state index contributed by atoms with van der Waals surface area (Å²) >= 11 is 0. The van der Waals surface area contributed by atoms with E-state index in [1.54, 1.807) is 6.07 Å². The molecular formula is C16H18BFN2O6. The maximum atomic E-state index is 14.5. The highest BCUT2D eigenvalue weighted by Crippen LogP contribution is 2.17. The lowest BCUT2D eigenvalue weighted by Crippen LogP contribution is -2.40. The second-order valence-electron chi connectivity index (χ2n) is 6.36. The summed E-state index contributed by atoms with van der Waals surface area (Å²) in [5.41, 5.74) is 0.293. The molecule has 1 atom stereocenters.